The summed E-state index contributed by atoms with van der Waals surface area (Å²) >= 11 is 1.47. The van der Waals surface area contributed by atoms with Crippen molar-refractivity contribution in [1.82, 2.24) is 19.7 Å². The summed E-state index contributed by atoms with van der Waals surface area (Å²) in [4.78, 5) is 15.1. The average Bonchev–Trinajstić information content (AvgIpc) is 3.24. The number of carbonyl (C=O) groups excluding carboxylic acids is 1. The van der Waals surface area contributed by atoms with Gasteiger partial charge >= 0.3 is 0 Å². The van der Waals surface area contributed by atoms with Crippen molar-refractivity contribution in [2.24, 2.45) is 0 Å². The van der Waals surface area contributed by atoms with Crippen molar-refractivity contribution in [3.63, 3.8) is 0 Å². The van der Waals surface area contributed by atoms with Crippen molar-refractivity contribution in [3.05, 3.63) is 60.2 Å². The minimum atomic E-state index is 0.177. The molecule has 2 heterocycles. The van der Waals surface area contributed by atoms with Crippen molar-refractivity contribution in [1.29, 1.82) is 0 Å². The zero-order valence-electron chi connectivity index (χ0n) is 19.6. The third kappa shape index (κ3) is 5.41. The van der Waals surface area contributed by atoms with Gasteiger partial charge in [0.25, 0.3) is 0 Å². The van der Waals surface area contributed by atoms with Crippen LogP contribution in [0.1, 0.15) is 38.7 Å². The summed E-state index contributed by atoms with van der Waals surface area (Å²) in [5.41, 5.74) is 2.15. The molecule has 0 spiro atoms. The van der Waals surface area contributed by atoms with Crippen molar-refractivity contribution < 1.29 is 9.53 Å². The number of aryl methyl sites for hydroxylation is 1. The van der Waals surface area contributed by atoms with Crippen LogP contribution >= 0.6 is 11.8 Å². The molecule has 4 rings (SSSR count). The molecule has 174 valence electrons. The number of para-hydroxylation sites is 1. The fourth-order valence-corrected chi connectivity index (χ4v) is 5.46. The number of hydrogen-bond acceptors (Lipinski definition) is 5. The number of aromatic nitrogens is 3. The standard InChI is InChI=1S/C26H32N4O2S/c1-19-10-9-11-20(2)30(19)24(31)18-33-26-28-27-25(22-14-7-8-15-23(22)32-3)29(26)17-16-21-12-5-4-6-13-21/h4-8,12-15,19-20H,9-11,16-18H2,1-3H3/t19-,20+. The Kier molecular flexibility index (Phi) is 7.70. The molecule has 0 N–H and O–H groups in total. The molecule has 1 aliphatic rings. The molecule has 0 unspecified atom stereocenters. The molecule has 0 radical (unpaired) electrons. The molecule has 1 aliphatic heterocycles. The lowest BCUT2D eigenvalue weighted by Crippen LogP contribution is -2.48. The fraction of sp³-hybridized carbons (Fsp3) is 0.423. The molecule has 0 bridgehead atoms. The third-order valence-electron chi connectivity index (χ3n) is 6.34. The largest absolute Gasteiger partial charge is 0.496 e. The van der Waals surface area contributed by atoms with Crippen LogP contribution in [0, 0.1) is 0 Å². The lowest BCUT2D eigenvalue weighted by molar-refractivity contribution is -0.134. The summed E-state index contributed by atoms with van der Waals surface area (Å²) in [6, 6.07) is 18.8. The predicted octanol–water partition coefficient (Wildman–Crippen LogP) is 5.08. The zero-order chi connectivity index (χ0) is 23.2. The van der Waals surface area contributed by atoms with Gasteiger partial charge in [0.05, 0.1) is 18.4 Å². The van der Waals surface area contributed by atoms with Gasteiger partial charge in [-0.05, 0) is 57.2 Å². The molecule has 1 saturated heterocycles. The molecule has 6 nitrogen and oxygen atoms in total. The van der Waals surface area contributed by atoms with Crippen LogP contribution in [0.15, 0.2) is 59.8 Å². The van der Waals surface area contributed by atoms with E-state index < -0.39 is 0 Å². The van der Waals surface area contributed by atoms with Gasteiger partial charge < -0.3 is 14.2 Å². The van der Waals surface area contributed by atoms with E-state index in [-0.39, 0.29) is 5.91 Å². The van der Waals surface area contributed by atoms with E-state index in [2.05, 4.69) is 57.8 Å². The number of benzene rings is 2. The lowest BCUT2D eigenvalue weighted by atomic mass is 9.98. The van der Waals surface area contributed by atoms with Crippen LogP contribution in [0.2, 0.25) is 0 Å². The maximum Gasteiger partial charge on any atom is 0.233 e. The summed E-state index contributed by atoms with van der Waals surface area (Å²) in [6.07, 6.45) is 4.19. The van der Waals surface area contributed by atoms with Crippen LogP contribution < -0.4 is 4.74 Å². The quantitative estimate of drug-likeness (QED) is 0.435. The summed E-state index contributed by atoms with van der Waals surface area (Å²) in [7, 11) is 1.67. The van der Waals surface area contributed by atoms with Crippen LogP contribution in [0.3, 0.4) is 0 Å². The molecule has 2 aromatic carbocycles. The number of thioether (sulfide) groups is 1. The molecular formula is C26H32N4O2S. The molecule has 1 amide bonds. The number of piperidine rings is 1. The highest BCUT2D eigenvalue weighted by Gasteiger charge is 2.29. The highest BCUT2D eigenvalue weighted by molar-refractivity contribution is 7.99. The van der Waals surface area contributed by atoms with Crippen molar-refractivity contribution in [2.45, 2.75) is 63.3 Å². The average molecular weight is 465 g/mol. The van der Waals surface area contributed by atoms with Gasteiger partial charge in [-0.25, -0.2) is 0 Å². The van der Waals surface area contributed by atoms with Crippen molar-refractivity contribution in [2.75, 3.05) is 12.9 Å². The minimum absolute atomic E-state index is 0.177. The van der Waals surface area contributed by atoms with E-state index in [0.717, 1.165) is 48.1 Å². The summed E-state index contributed by atoms with van der Waals surface area (Å²) in [6.45, 7) is 5.03. The van der Waals surface area contributed by atoms with E-state index in [0.29, 0.717) is 17.8 Å². The van der Waals surface area contributed by atoms with Gasteiger partial charge in [0, 0.05) is 18.6 Å². The predicted molar refractivity (Wildman–Crippen MR) is 133 cm³/mol. The first-order valence-corrected chi connectivity index (χ1v) is 12.6. The van der Waals surface area contributed by atoms with Gasteiger partial charge in [0.15, 0.2) is 11.0 Å². The Labute approximate surface area is 200 Å². The van der Waals surface area contributed by atoms with Crippen LogP contribution in [-0.2, 0) is 17.8 Å². The number of amides is 1. The molecule has 0 saturated carbocycles. The topological polar surface area (TPSA) is 60.3 Å². The molecule has 1 fully saturated rings. The molecule has 2 atom stereocenters. The summed E-state index contributed by atoms with van der Waals surface area (Å²) in [5.74, 6) is 2.06. The lowest BCUT2D eigenvalue weighted by Gasteiger charge is -2.39. The zero-order valence-corrected chi connectivity index (χ0v) is 20.4. The Hall–Kier alpha value is -2.80. The smallest absolute Gasteiger partial charge is 0.233 e. The molecular weight excluding hydrogens is 432 g/mol. The molecule has 0 aliphatic carbocycles. The summed E-state index contributed by atoms with van der Waals surface area (Å²) < 4.78 is 7.70. The van der Waals surface area contributed by atoms with E-state index >= 15 is 0 Å². The second-order valence-corrected chi connectivity index (χ2v) is 9.55. The maximum atomic E-state index is 13.1. The Balaban J connectivity index is 1.57. The highest BCUT2D eigenvalue weighted by atomic mass is 32.2. The minimum Gasteiger partial charge on any atom is -0.496 e. The van der Waals surface area contributed by atoms with Crippen molar-refractivity contribution in [3.8, 4) is 17.1 Å². The second-order valence-electron chi connectivity index (χ2n) is 8.61. The van der Waals surface area contributed by atoms with Gasteiger partial charge in [0.2, 0.25) is 5.91 Å². The number of methoxy groups -OCH3 is 1. The number of likely N-dealkylation sites (tertiary alicyclic amines) is 1. The molecule has 1 aromatic heterocycles. The van der Waals surface area contributed by atoms with E-state index in [1.54, 1.807) is 7.11 Å². The molecule has 7 heteroatoms. The first kappa shape index (κ1) is 23.4. The van der Waals surface area contributed by atoms with Gasteiger partial charge in [-0.3, -0.25) is 4.79 Å². The normalized spacial score (nSPS) is 18.3. The van der Waals surface area contributed by atoms with Gasteiger partial charge in [-0.15, -0.1) is 10.2 Å². The Bertz CT molecular complexity index is 1060. The number of hydrogen-bond donors (Lipinski definition) is 0. The Morgan fingerprint density at radius 3 is 2.45 bits per heavy atom. The SMILES string of the molecule is COc1ccccc1-c1nnc(SCC(=O)N2[C@H](C)CCC[C@@H]2C)n1CCc1ccccc1. The number of ether oxygens (including phenoxy) is 1. The van der Waals surface area contributed by atoms with E-state index in [1.165, 1.54) is 23.7 Å². The second kappa shape index (κ2) is 10.9. The maximum absolute atomic E-state index is 13.1. The monoisotopic (exact) mass is 464 g/mol. The van der Waals surface area contributed by atoms with Gasteiger partial charge in [0.1, 0.15) is 5.75 Å². The molecule has 33 heavy (non-hydrogen) atoms. The van der Waals surface area contributed by atoms with Crippen LogP contribution in [0.25, 0.3) is 11.4 Å². The number of rotatable bonds is 8. The fourth-order valence-electron chi connectivity index (χ4n) is 4.62. The molecule has 3 aromatic rings. The van der Waals surface area contributed by atoms with Gasteiger partial charge in [-0.2, -0.15) is 0 Å². The Morgan fingerprint density at radius 1 is 1.03 bits per heavy atom. The Morgan fingerprint density at radius 2 is 1.73 bits per heavy atom. The van der Waals surface area contributed by atoms with Crippen LogP contribution in [-0.4, -0.2) is 50.5 Å². The van der Waals surface area contributed by atoms with Crippen LogP contribution in [0.4, 0.5) is 0 Å². The highest BCUT2D eigenvalue weighted by Crippen LogP contribution is 2.32. The van der Waals surface area contributed by atoms with E-state index in [9.17, 15) is 4.79 Å². The van der Waals surface area contributed by atoms with E-state index in [1.807, 2.05) is 30.3 Å². The van der Waals surface area contributed by atoms with Crippen LogP contribution in [0.5, 0.6) is 5.75 Å². The van der Waals surface area contributed by atoms with Gasteiger partial charge in [-0.1, -0.05) is 54.2 Å². The van der Waals surface area contributed by atoms with E-state index in [4.69, 9.17) is 4.74 Å². The number of nitrogens with zero attached hydrogens (tertiary/aromatic N) is 4. The first-order valence-electron chi connectivity index (χ1n) is 11.6. The third-order valence-corrected chi connectivity index (χ3v) is 7.29. The van der Waals surface area contributed by atoms with Crippen molar-refractivity contribution >= 4 is 17.7 Å². The summed E-state index contributed by atoms with van der Waals surface area (Å²) in [5, 5.41) is 9.76. The number of carbonyl (C=O) groups is 1. The first-order chi connectivity index (χ1) is 16.1.